The van der Waals surface area contributed by atoms with E-state index in [0.717, 1.165) is 0 Å². The summed E-state index contributed by atoms with van der Waals surface area (Å²) in [5, 5.41) is 12.8. The van der Waals surface area contributed by atoms with E-state index in [1.54, 1.807) is 32.0 Å². The zero-order valence-electron chi connectivity index (χ0n) is 15.9. The highest BCUT2D eigenvalue weighted by Gasteiger charge is 2.15. The lowest BCUT2D eigenvalue weighted by atomic mass is 10.2. The number of ether oxygens (including phenoxy) is 2. The molecule has 9 heteroatoms. The summed E-state index contributed by atoms with van der Waals surface area (Å²) in [6.07, 6.45) is 0. The molecule has 2 heterocycles. The van der Waals surface area contributed by atoms with Crippen molar-refractivity contribution in [1.29, 1.82) is 0 Å². The number of phenols is 1. The predicted molar refractivity (Wildman–Crippen MR) is 100 cm³/mol. The fourth-order valence-electron chi connectivity index (χ4n) is 2.55. The van der Waals surface area contributed by atoms with Crippen LogP contribution in [-0.2, 0) is 11.3 Å². The number of nitrogens with one attached hydrogen (secondary N) is 1. The van der Waals surface area contributed by atoms with Crippen molar-refractivity contribution in [3.8, 4) is 23.0 Å². The second-order valence-electron chi connectivity index (χ2n) is 5.97. The highest BCUT2D eigenvalue weighted by molar-refractivity contribution is 5.87. The van der Waals surface area contributed by atoms with E-state index in [1.165, 1.54) is 20.3 Å². The zero-order chi connectivity index (χ0) is 20.3. The van der Waals surface area contributed by atoms with Crippen molar-refractivity contribution in [3.05, 3.63) is 47.1 Å². The molecule has 2 N–H and O–H groups in total. The monoisotopic (exact) mass is 384 g/mol. The Bertz CT molecular complexity index is 1020. The summed E-state index contributed by atoms with van der Waals surface area (Å²) in [6, 6.07) is 6.39. The third-order valence-corrected chi connectivity index (χ3v) is 3.98. The van der Waals surface area contributed by atoms with Gasteiger partial charge in [0.05, 0.1) is 20.8 Å². The number of aromatic hydroxyl groups is 1. The SMILES string of the molecule is COC(=O)c1cc(C)nc(NCc2nc(-c3ccc(O)c(OC)c3)oc2C)n1. The van der Waals surface area contributed by atoms with Crippen LogP contribution in [0.15, 0.2) is 28.7 Å². The molecule has 0 aliphatic rings. The van der Waals surface area contributed by atoms with E-state index in [1.807, 2.05) is 0 Å². The van der Waals surface area contributed by atoms with Crippen molar-refractivity contribution in [2.24, 2.45) is 0 Å². The average Bonchev–Trinajstić information content (AvgIpc) is 3.06. The number of hydrogen-bond acceptors (Lipinski definition) is 9. The molecule has 3 rings (SSSR count). The van der Waals surface area contributed by atoms with E-state index in [2.05, 4.69) is 20.3 Å². The van der Waals surface area contributed by atoms with Crippen LogP contribution in [0.4, 0.5) is 5.95 Å². The maximum atomic E-state index is 11.7. The summed E-state index contributed by atoms with van der Waals surface area (Å²) in [5.74, 6) is 1.14. The standard InChI is InChI=1S/C19H20N4O5/c1-10-7-13(18(25)27-4)23-19(21-10)20-9-14-11(2)28-17(22-14)12-5-6-15(24)16(8-12)26-3/h5-8,24H,9H2,1-4H3,(H,20,21,23). The largest absolute Gasteiger partial charge is 0.504 e. The van der Waals surface area contributed by atoms with Gasteiger partial charge in [-0.1, -0.05) is 0 Å². The number of nitrogens with zero attached hydrogens (tertiary/aromatic N) is 3. The molecule has 0 aliphatic carbocycles. The van der Waals surface area contributed by atoms with E-state index in [-0.39, 0.29) is 17.4 Å². The number of oxazole rings is 1. The van der Waals surface area contributed by atoms with Crippen LogP contribution in [0.5, 0.6) is 11.5 Å². The fraction of sp³-hybridized carbons (Fsp3) is 0.263. The molecule has 0 unspecified atom stereocenters. The van der Waals surface area contributed by atoms with Gasteiger partial charge in [0.2, 0.25) is 11.8 Å². The zero-order valence-corrected chi connectivity index (χ0v) is 15.9. The number of benzene rings is 1. The molecule has 0 saturated heterocycles. The first-order chi connectivity index (χ1) is 13.4. The summed E-state index contributed by atoms with van der Waals surface area (Å²) in [7, 11) is 2.77. The van der Waals surface area contributed by atoms with Crippen molar-refractivity contribution < 1.29 is 23.8 Å². The van der Waals surface area contributed by atoms with Gasteiger partial charge in [-0.2, -0.15) is 0 Å². The summed E-state index contributed by atoms with van der Waals surface area (Å²) >= 11 is 0. The Kier molecular flexibility index (Phi) is 5.44. The topological polar surface area (TPSA) is 120 Å². The highest BCUT2D eigenvalue weighted by atomic mass is 16.5. The molecule has 0 bridgehead atoms. The Morgan fingerprint density at radius 3 is 2.68 bits per heavy atom. The van der Waals surface area contributed by atoms with E-state index < -0.39 is 5.97 Å². The van der Waals surface area contributed by atoms with Crippen LogP contribution in [0, 0.1) is 13.8 Å². The Morgan fingerprint density at radius 2 is 1.96 bits per heavy atom. The first-order valence-electron chi connectivity index (χ1n) is 8.42. The number of anilines is 1. The van der Waals surface area contributed by atoms with Gasteiger partial charge in [0, 0.05) is 11.3 Å². The van der Waals surface area contributed by atoms with Crippen molar-refractivity contribution >= 4 is 11.9 Å². The minimum atomic E-state index is -0.533. The van der Waals surface area contributed by atoms with Gasteiger partial charge in [-0.25, -0.2) is 19.7 Å². The van der Waals surface area contributed by atoms with Gasteiger partial charge >= 0.3 is 5.97 Å². The average molecular weight is 384 g/mol. The number of hydrogen-bond donors (Lipinski definition) is 2. The molecule has 0 radical (unpaired) electrons. The maximum absolute atomic E-state index is 11.7. The van der Waals surface area contributed by atoms with E-state index in [9.17, 15) is 9.90 Å². The quantitative estimate of drug-likeness (QED) is 0.618. The second kappa shape index (κ2) is 7.95. The van der Waals surface area contributed by atoms with Crippen molar-refractivity contribution in [3.63, 3.8) is 0 Å². The molecular weight excluding hydrogens is 364 g/mol. The lowest BCUT2D eigenvalue weighted by Crippen LogP contribution is -2.11. The van der Waals surface area contributed by atoms with Gasteiger partial charge in [0.25, 0.3) is 0 Å². The van der Waals surface area contributed by atoms with Crippen molar-refractivity contribution in [2.75, 3.05) is 19.5 Å². The summed E-state index contributed by atoms with van der Waals surface area (Å²) in [4.78, 5) is 24.6. The number of methoxy groups -OCH3 is 2. The third kappa shape index (κ3) is 4.03. The predicted octanol–water partition coefficient (Wildman–Crippen LogP) is 2.86. The molecule has 9 nitrogen and oxygen atoms in total. The van der Waals surface area contributed by atoms with E-state index in [4.69, 9.17) is 13.9 Å². The summed E-state index contributed by atoms with van der Waals surface area (Å²) in [5.41, 5.74) is 2.13. The van der Waals surface area contributed by atoms with Gasteiger partial charge in [-0.3, -0.25) is 0 Å². The summed E-state index contributed by atoms with van der Waals surface area (Å²) < 4.78 is 15.5. The second-order valence-corrected chi connectivity index (χ2v) is 5.97. The van der Waals surface area contributed by atoms with Crippen LogP contribution in [0.3, 0.4) is 0 Å². The smallest absolute Gasteiger partial charge is 0.356 e. The molecule has 3 aromatic rings. The fourth-order valence-corrected chi connectivity index (χ4v) is 2.55. The van der Waals surface area contributed by atoms with Gasteiger partial charge in [-0.05, 0) is 38.1 Å². The third-order valence-electron chi connectivity index (χ3n) is 3.98. The van der Waals surface area contributed by atoms with Crippen LogP contribution in [0.2, 0.25) is 0 Å². The molecule has 0 aliphatic heterocycles. The lowest BCUT2D eigenvalue weighted by molar-refractivity contribution is 0.0594. The molecule has 0 amide bonds. The molecule has 28 heavy (non-hydrogen) atoms. The molecule has 0 saturated carbocycles. The molecule has 0 fully saturated rings. The minimum Gasteiger partial charge on any atom is -0.504 e. The Balaban J connectivity index is 1.80. The number of aryl methyl sites for hydroxylation is 2. The number of carbonyl (C=O) groups excluding carboxylic acids is 1. The molecule has 0 atom stereocenters. The molecule has 0 spiro atoms. The van der Waals surface area contributed by atoms with Crippen molar-refractivity contribution in [2.45, 2.75) is 20.4 Å². The van der Waals surface area contributed by atoms with E-state index in [0.29, 0.717) is 40.9 Å². The Hall–Kier alpha value is -3.62. The molecule has 146 valence electrons. The number of esters is 1. The van der Waals surface area contributed by atoms with Crippen molar-refractivity contribution in [1.82, 2.24) is 15.0 Å². The van der Waals surface area contributed by atoms with Gasteiger partial charge in [0.1, 0.15) is 11.5 Å². The van der Waals surface area contributed by atoms with Crippen LogP contribution in [0.25, 0.3) is 11.5 Å². The normalized spacial score (nSPS) is 10.6. The molecular formula is C19H20N4O5. The molecule has 1 aromatic carbocycles. The number of rotatable bonds is 6. The number of carbonyl (C=O) groups is 1. The maximum Gasteiger partial charge on any atom is 0.356 e. The Morgan fingerprint density at radius 1 is 1.18 bits per heavy atom. The highest BCUT2D eigenvalue weighted by Crippen LogP contribution is 2.31. The van der Waals surface area contributed by atoms with Crippen LogP contribution < -0.4 is 10.1 Å². The van der Waals surface area contributed by atoms with E-state index >= 15 is 0 Å². The van der Waals surface area contributed by atoms with Crippen LogP contribution in [-0.4, -0.2) is 40.2 Å². The van der Waals surface area contributed by atoms with Gasteiger partial charge in [-0.15, -0.1) is 0 Å². The minimum absolute atomic E-state index is 0.0365. The first kappa shape index (κ1) is 19.2. The van der Waals surface area contributed by atoms with Crippen LogP contribution in [0.1, 0.15) is 27.6 Å². The van der Waals surface area contributed by atoms with Gasteiger partial charge < -0.3 is 24.3 Å². The lowest BCUT2D eigenvalue weighted by Gasteiger charge is -2.06. The van der Waals surface area contributed by atoms with Crippen LogP contribution >= 0.6 is 0 Å². The number of aromatic nitrogens is 3. The van der Waals surface area contributed by atoms with Gasteiger partial charge in [0.15, 0.2) is 17.2 Å². The Labute approximate surface area is 161 Å². The molecule has 2 aromatic heterocycles. The number of phenolic OH excluding ortho intramolecular Hbond substituents is 1. The first-order valence-corrected chi connectivity index (χ1v) is 8.42. The summed E-state index contributed by atoms with van der Waals surface area (Å²) in [6.45, 7) is 3.85.